The molecule has 0 spiro atoms. The second-order valence-corrected chi connectivity index (χ2v) is 9.50. The fraction of sp³-hybridized carbons (Fsp3) is 0.517. The van der Waals surface area contributed by atoms with Crippen molar-refractivity contribution in [2.45, 2.75) is 57.4 Å². The van der Waals surface area contributed by atoms with Crippen LogP contribution in [0.3, 0.4) is 0 Å². The largest absolute Gasteiger partial charge is 0.465 e. The number of carbonyl (C=O) groups is 5. The highest BCUT2D eigenvalue weighted by atomic mass is 16.7. The summed E-state index contributed by atoms with van der Waals surface area (Å²) in [6.45, 7) is 2.29. The Morgan fingerprint density at radius 3 is 1.98 bits per heavy atom. The van der Waals surface area contributed by atoms with Crippen LogP contribution in [0.4, 0.5) is 10.5 Å². The zero-order chi connectivity index (χ0) is 32.2. The van der Waals surface area contributed by atoms with Crippen molar-refractivity contribution in [3.63, 3.8) is 0 Å². The molecule has 0 radical (unpaired) electrons. The number of aliphatic hydroxyl groups is 1. The third kappa shape index (κ3) is 8.53. The van der Waals surface area contributed by atoms with Crippen LogP contribution in [0.15, 0.2) is 36.4 Å². The molecule has 2 aliphatic heterocycles. The Labute approximate surface area is 252 Å². The molecule has 44 heavy (non-hydrogen) atoms. The summed E-state index contributed by atoms with van der Waals surface area (Å²) in [5, 5.41) is 21.6. The Morgan fingerprint density at radius 1 is 0.955 bits per heavy atom. The number of nitrogens with one attached hydrogen (secondary N) is 1. The predicted molar refractivity (Wildman–Crippen MR) is 146 cm³/mol. The third-order valence-corrected chi connectivity index (χ3v) is 6.63. The van der Waals surface area contributed by atoms with Crippen molar-refractivity contribution in [1.82, 2.24) is 0 Å². The van der Waals surface area contributed by atoms with Gasteiger partial charge in [-0.15, -0.1) is 0 Å². The van der Waals surface area contributed by atoms with Gasteiger partial charge in [0.1, 0.15) is 6.10 Å². The second kappa shape index (κ2) is 16.4. The van der Waals surface area contributed by atoms with Crippen LogP contribution in [0.2, 0.25) is 0 Å². The quantitative estimate of drug-likeness (QED) is 0.183. The van der Waals surface area contributed by atoms with Crippen molar-refractivity contribution in [2.24, 2.45) is 11.8 Å². The average Bonchev–Trinajstić information content (AvgIpc) is 3.00. The van der Waals surface area contributed by atoms with Gasteiger partial charge < -0.3 is 38.3 Å². The minimum atomic E-state index is -1.70. The zero-order valence-corrected chi connectivity index (χ0v) is 24.3. The zero-order valence-electron chi connectivity index (χ0n) is 24.3. The highest BCUT2D eigenvalue weighted by Crippen LogP contribution is 2.31. The Hall–Kier alpha value is -4.52. The highest BCUT2D eigenvalue weighted by molar-refractivity contribution is 5.96. The van der Waals surface area contributed by atoms with Crippen molar-refractivity contribution < 1.29 is 62.2 Å². The Balaban J connectivity index is 2.03. The SMILES string of the molecule is CCOC(=O)[C@H]1C/C=C/C[C@H](C(=O)OCC)C(=O)O[C@H]2[C@@H](OC)O[C@H](CO)[C@@H](OC(=O)Nc3ccc(C#N)cc3)[C@@H]2OC1=O. The standard InChI is InChI=1S/C29H34N2O13/c1-4-39-24(33)18-8-6-7-9-19(25(34)40-5-2)27(36)43-23-22(42-26(18)35)21(20(15-32)41-28(23)38-3)44-29(37)31-17-12-10-16(14-30)11-13-17/h6-7,10-13,18-23,28,32H,4-5,8-9,15H2,1-3H3,(H,31,37)/b7-6+/t18-,19-,20-,21-,22+,23-,28+/m1/s1. The third-order valence-electron chi connectivity index (χ3n) is 6.63. The lowest BCUT2D eigenvalue weighted by Crippen LogP contribution is -2.63. The summed E-state index contributed by atoms with van der Waals surface area (Å²) < 4.78 is 37.9. The van der Waals surface area contributed by atoms with Gasteiger partial charge in [0.2, 0.25) is 0 Å². The van der Waals surface area contributed by atoms with E-state index in [1.54, 1.807) is 13.8 Å². The maximum atomic E-state index is 13.4. The van der Waals surface area contributed by atoms with Gasteiger partial charge in [0.15, 0.2) is 36.4 Å². The fourth-order valence-corrected chi connectivity index (χ4v) is 4.48. The van der Waals surface area contributed by atoms with Gasteiger partial charge in [-0.25, -0.2) is 4.79 Å². The molecule has 2 N–H and O–H groups in total. The monoisotopic (exact) mass is 618 g/mol. The number of nitriles is 1. The van der Waals surface area contributed by atoms with Crippen LogP contribution in [0.5, 0.6) is 0 Å². The number of rotatable bonds is 8. The van der Waals surface area contributed by atoms with Gasteiger partial charge in [0.05, 0.1) is 31.5 Å². The van der Waals surface area contributed by atoms with Gasteiger partial charge in [0, 0.05) is 12.8 Å². The second-order valence-electron chi connectivity index (χ2n) is 9.50. The molecule has 3 rings (SSSR count). The van der Waals surface area contributed by atoms with Crippen LogP contribution in [0, 0.1) is 23.2 Å². The van der Waals surface area contributed by atoms with Crippen LogP contribution in [-0.2, 0) is 52.3 Å². The number of hydrogen-bond acceptors (Lipinski definition) is 14. The van der Waals surface area contributed by atoms with E-state index in [-0.39, 0.29) is 31.7 Å². The van der Waals surface area contributed by atoms with E-state index in [0.29, 0.717) is 5.56 Å². The number of hydrogen-bond donors (Lipinski definition) is 2. The number of ether oxygens (including phenoxy) is 7. The summed E-state index contributed by atoms with van der Waals surface area (Å²) >= 11 is 0. The molecule has 2 aliphatic rings. The van der Waals surface area contributed by atoms with Gasteiger partial charge in [0.25, 0.3) is 0 Å². The molecule has 1 aromatic carbocycles. The number of allylic oxidation sites excluding steroid dienone is 2. The first kappa shape index (κ1) is 34.0. The first-order valence-corrected chi connectivity index (χ1v) is 13.8. The number of benzene rings is 1. The molecule has 0 bridgehead atoms. The average molecular weight is 619 g/mol. The molecule has 0 aliphatic carbocycles. The summed E-state index contributed by atoms with van der Waals surface area (Å²) in [6.07, 6.45) is -6.44. The minimum Gasteiger partial charge on any atom is -0.465 e. The number of fused-ring (bicyclic) bond motifs is 1. The van der Waals surface area contributed by atoms with E-state index in [1.807, 2.05) is 6.07 Å². The Bertz CT molecular complexity index is 1260. The minimum absolute atomic E-state index is 0.0207. The molecular formula is C29H34N2O13. The summed E-state index contributed by atoms with van der Waals surface area (Å²) in [4.78, 5) is 65.1. The van der Waals surface area contributed by atoms with Gasteiger partial charge in [-0.1, -0.05) is 12.2 Å². The molecule has 15 heteroatoms. The summed E-state index contributed by atoms with van der Waals surface area (Å²) in [5.74, 6) is -6.89. The smallest absolute Gasteiger partial charge is 0.412 e. The van der Waals surface area contributed by atoms with E-state index in [0.717, 1.165) is 0 Å². The van der Waals surface area contributed by atoms with Gasteiger partial charge in [-0.05, 0) is 51.0 Å². The predicted octanol–water partition coefficient (Wildman–Crippen LogP) is 1.37. The number of aliphatic hydroxyl groups excluding tert-OH is 1. The van der Waals surface area contributed by atoms with Gasteiger partial charge in [-0.3, -0.25) is 24.5 Å². The topological polar surface area (TPSA) is 206 Å². The van der Waals surface area contributed by atoms with E-state index < -0.39 is 79.1 Å². The van der Waals surface area contributed by atoms with Crippen molar-refractivity contribution in [2.75, 3.05) is 32.2 Å². The lowest BCUT2D eigenvalue weighted by molar-refractivity contribution is -0.300. The van der Waals surface area contributed by atoms with E-state index >= 15 is 0 Å². The van der Waals surface area contributed by atoms with Crippen molar-refractivity contribution in [1.29, 1.82) is 5.26 Å². The fourth-order valence-electron chi connectivity index (χ4n) is 4.48. The van der Waals surface area contributed by atoms with E-state index in [9.17, 15) is 29.1 Å². The molecule has 1 aromatic rings. The van der Waals surface area contributed by atoms with Crippen LogP contribution < -0.4 is 5.32 Å². The number of esters is 4. The molecule has 2 heterocycles. The summed E-state index contributed by atoms with van der Waals surface area (Å²) in [5.41, 5.74) is 0.582. The van der Waals surface area contributed by atoms with Crippen LogP contribution >= 0.6 is 0 Å². The number of methoxy groups -OCH3 is 1. The number of carbonyl (C=O) groups excluding carboxylic acids is 5. The molecule has 0 unspecified atom stereocenters. The van der Waals surface area contributed by atoms with Crippen LogP contribution in [-0.4, -0.2) is 92.7 Å². The molecule has 1 fully saturated rings. The normalized spacial score (nSPS) is 27.8. The van der Waals surface area contributed by atoms with E-state index in [4.69, 9.17) is 38.4 Å². The molecule has 1 saturated heterocycles. The summed E-state index contributed by atoms with van der Waals surface area (Å²) in [6, 6.07) is 7.73. The molecule has 0 saturated carbocycles. The molecule has 7 atom stereocenters. The lowest BCUT2D eigenvalue weighted by atomic mass is 9.96. The highest BCUT2D eigenvalue weighted by Gasteiger charge is 2.54. The first-order chi connectivity index (χ1) is 21.2. The molecular weight excluding hydrogens is 584 g/mol. The van der Waals surface area contributed by atoms with Gasteiger partial charge in [-0.2, -0.15) is 5.26 Å². The Kier molecular flexibility index (Phi) is 12.6. The van der Waals surface area contributed by atoms with Crippen LogP contribution in [0.25, 0.3) is 0 Å². The summed E-state index contributed by atoms with van der Waals surface area (Å²) in [7, 11) is 1.19. The van der Waals surface area contributed by atoms with E-state index in [2.05, 4.69) is 5.32 Å². The maximum Gasteiger partial charge on any atom is 0.412 e. The van der Waals surface area contributed by atoms with Gasteiger partial charge >= 0.3 is 30.0 Å². The molecule has 1 amide bonds. The van der Waals surface area contributed by atoms with Crippen molar-refractivity contribution in [3.05, 3.63) is 42.0 Å². The van der Waals surface area contributed by atoms with E-state index in [1.165, 1.54) is 43.5 Å². The first-order valence-electron chi connectivity index (χ1n) is 13.8. The molecule has 15 nitrogen and oxygen atoms in total. The van der Waals surface area contributed by atoms with Crippen LogP contribution in [0.1, 0.15) is 32.3 Å². The maximum absolute atomic E-state index is 13.4. The van der Waals surface area contributed by atoms with Crippen molar-refractivity contribution >= 4 is 35.7 Å². The Morgan fingerprint density at radius 2 is 1.50 bits per heavy atom. The number of amides is 1. The molecule has 238 valence electrons. The number of nitrogens with zero attached hydrogens (tertiary/aromatic N) is 1. The molecule has 0 aromatic heterocycles. The lowest BCUT2D eigenvalue weighted by Gasteiger charge is -2.44. The van der Waals surface area contributed by atoms with Crippen molar-refractivity contribution in [3.8, 4) is 6.07 Å². The number of anilines is 1.